The van der Waals surface area contributed by atoms with E-state index in [1.165, 1.54) is 17.7 Å². The summed E-state index contributed by atoms with van der Waals surface area (Å²) in [5.41, 5.74) is 0. The summed E-state index contributed by atoms with van der Waals surface area (Å²) in [5.74, 6) is 0.493. The maximum absolute atomic E-state index is 10.7. The zero-order chi connectivity index (χ0) is 11.0. The number of carbonyl (C=O) groups is 1. The van der Waals surface area contributed by atoms with Gasteiger partial charge in [-0.3, -0.25) is 0 Å². The van der Waals surface area contributed by atoms with Crippen LogP contribution < -0.4 is 11.3 Å². The molecule has 92 valence electrons. The fourth-order valence-corrected chi connectivity index (χ4v) is 1.56. The van der Waals surface area contributed by atoms with E-state index in [9.17, 15) is 9.90 Å². The van der Waals surface area contributed by atoms with E-state index in [1.54, 1.807) is 0 Å². The van der Waals surface area contributed by atoms with Crippen LogP contribution >= 0.6 is 0 Å². The quantitative estimate of drug-likeness (QED) is 0.711. The molecule has 4 heteroatoms. The summed E-state index contributed by atoms with van der Waals surface area (Å²) < 4.78 is 0. The zero-order valence-electron chi connectivity index (χ0n) is 10.6. The normalized spacial score (nSPS) is 11.7. The molecule has 0 aromatic rings. The first-order chi connectivity index (χ1) is 6.65. The van der Waals surface area contributed by atoms with Crippen LogP contribution in [0.1, 0.15) is 46.5 Å². The monoisotopic (exact) mass is 218 g/mol. The molecule has 1 amide bonds. The second kappa shape index (κ2) is 9.77. The van der Waals surface area contributed by atoms with Crippen LogP contribution in [-0.4, -0.2) is 24.1 Å². The third kappa shape index (κ3) is 7.19. The third-order valence-corrected chi connectivity index (χ3v) is 2.66. The number of hydrogen-bond donors (Lipinski definition) is 1. The standard InChI is InChI=1S/C11H23NO2.H3N/c1-4-7-8-10(5-2)9-12(6-3)11(13)14;/h10H,4-9H2,1-3H3,(H,13,14);1H3. The molecule has 0 aliphatic heterocycles. The van der Waals surface area contributed by atoms with Gasteiger partial charge in [-0.15, -0.1) is 0 Å². The first kappa shape index (κ1) is 16.7. The highest BCUT2D eigenvalue weighted by molar-refractivity contribution is 5.62. The van der Waals surface area contributed by atoms with Crippen LogP contribution in [0.25, 0.3) is 0 Å². The van der Waals surface area contributed by atoms with Gasteiger partial charge in [0.1, 0.15) is 6.09 Å². The highest BCUT2D eigenvalue weighted by atomic mass is 16.4. The Balaban J connectivity index is 0. The number of rotatable bonds is 7. The summed E-state index contributed by atoms with van der Waals surface area (Å²) in [5, 5.41) is 10.7. The fraction of sp³-hybridized carbons (Fsp3) is 0.909. The molecular weight excluding hydrogens is 192 g/mol. The minimum absolute atomic E-state index is 0. The van der Waals surface area contributed by atoms with Gasteiger partial charge in [0.05, 0.1) is 0 Å². The van der Waals surface area contributed by atoms with Crippen molar-refractivity contribution in [3.8, 4) is 0 Å². The Hall–Kier alpha value is -0.770. The predicted molar refractivity (Wildman–Crippen MR) is 61.9 cm³/mol. The van der Waals surface area contributed by atoms with Crippen molar-refractivity contribution in [2.24, 2.45) is 5.92 Å². The van der Waals surface area contributed by atoms with Gasteiger partial charge in [0.25, 0.3) is 0 Å². The Bertz CT molecular complexity index is 163. The van der Waals surface area contributed by atoms with Crippen molar-refractivity contribution in [3.63, 3.8) is 0 Å². The zero-order valence-corrected chi connectivity index (χ0v) is 10.6. The van der Waals surface area contributed by atoms with E-state index >= 15 is 0 Å². The predicted octanol–water partition coefficient (Wildman–Crippen LogP) is 2.24. The summed E-state index contributed by atoms with van der Waals surface area (Å²) in [6.07, 6.45) is 3.49. The Morgan fingerprint density at radius 3 is 2.27 bits per heavy atom. The molecule has 0 aliphatic carbocycles. The lowest BCUT2D eigenvalue weighted by atomic mass is 9.99. The van der Waals surface area contributed by atoms with Gasteiger partial charge in [-0.05, 0) is 19.3 Å². The molecule has 0 radical (unpaired) electrons. The minimum Gasteiger partial charge on any atom is -0.530 e. The molecule has 0 aliphatic rings. The van der Waals surface area contributed by atoms with Crippen molar-refractivity contribution in [1.29, 1.82) is 0 Å². The maximum Gasteiger partial charge on any atom is 0.136 e. The maximum atomic E-state index is 10.7. The summed E-state index contributed by atoms with van der Waals surface area (Å²) in [4.78, 5) is 12.1. The van der Waals surface area contributed by atoms with E-state index in [0.29, 0.717) is 19.0 Å². The van der Waals surface area contributed by atoms with Crippen LogP contribution in [0.2, 0.25) is 0 Å². The number of unbranched alkanes of at least 4 members (excludes halogenated alkanes) is 1. The molecule has 0 rings (SSSR count). The second-order valence-electron chi connectivity index (χ2n) is 3.72. The molecule has 0 saturated carbocycles. The highest BCUT2D eigenvalue weighted by Gasteiger charge is 2.10. The number of nitrogens with zero attached hydrogens (tertiary/aromatic N) is 1. The van der Waals surface area contributed by atoms with E-state index in [1.807, 2.05) is 6.92 Å². The Morgan fingerprint density at radius 1 is 1.33 bits per heavy atom. The van der Waals surface area contributed by atoms with E-state index in [-0.39, 0.29) is 6.15 Å². The van der Waals surface area contributed by atoms with Crippen LogP contribution in [0.4, 0.5) is 4.79 Å². The molecule has 0 aromatic heterocycles. The largest absolute Gasteiger partial charge is 0.530 e. The Labute approximate surface area is 93.2 Å². The summed E-state index contributed by atoms with van der Waals surface area (Å²) in [6, 6.07) is 0. The number of carboxylic acid groups (broad SMARTS) is 1. The summed E-state index contributed by atoms with van der Waals surface area (Å²) >= 11 is 0. The lowest BCUT2D eigenvalue weighted by molar-refractivity contribution is -0.266. The first-order valence-corrected chi connectivity index (χ1v) is 5.61. The Kier molecular flexibility index (Phi) is 10.8. The molecule has 1 atom stereocenters. The van der Waals surface area contributed by atoms with E-state index < -0.39 is 6.09 Å². The van der Waals surface area contributed by atoms with Gasteiger partial charge in [0.2, 0.25) is 0 Å². The number of amides is 1. The minimum atomic E-state index is -1.04. The molecule has 1 unspecified atom stereocenters. The molecule has 0 saturated heterocycles. The van der Waals surface area contributed by atoms with Crippen LogP contribution in [0, 0.1) is 5.92 Å². The SMILES string of the molecule is CCCCC(CC)CN(CC)C(=O)[O-].[NH4+]. The van der Waals surface area contributed by atoms with Gasteiger partial charge >= 0.3 is 0 Å². The van der Waals surface area contributed by atoms with Crippen molar-refractivity contribution < 1.29 is 9.90 Å². The highest BCUT2D eigenvalue weighted by Crippen LogP contribution is 2.13. The molecule has 0 spiro atoms. The van der Waals surface area contributed by atoms with Crippen molar-refractivity contribution in [1.82, 2.24) is 11.1 Å². The van der Waals surface area contributed by atoms with Crippen molar-refractivity contribution >= 4 is 6.09 Å². The molecular formula is C11H26N2O2. The second-order valence-corrected chi connectivity index (χ2v) is 3.72. The Morgan fingerprint density at radius 2 is 1.93 bits per heavy atom. The molecule has 0 bridgehead atoms. The number of quaternary nitrogens is 1. The summed E-state index contributed by atoms with van der Waals surface area (Å²) in [6.45, 7) is 7.29. The van der Waals surface area contributed by atoms with E-state index in [2.05, 4.69) is 13.8 Å². The smallest absolute Gasteiger partial charge is 0.136 e. The van der Waals surface area contributed by atoms with Gasteiger partial charge in [-0.25, -0.2) is 0 Å². The van der Waals surface area contributed by atoms with Crippen LogP contribution in [0.3, 0.4) is 0 Å². The lowest BCUT2D eigenvalue weighted by Gasteiger charge is -2.28. The van der Waals surface area contributed by atoms with Crippen LogP contribution in [-0.2, 0) is 0 Å². The first-order valence-electron chi connectivity index (χ1n) is 5.61. The lowest BCUT2D eigenvalue weighted by Crippen LogP contribution is -2.43. The molecule has 0 heterocycles. The molecule has 15 heavy (non-hydrogen) atoms. The number of carbonyl (C=O) groups excluding carboxylic acids is 1. The average Bonchev–Trinajstić information content (AvgIpc) is 2.18. The van der Waals surface area contributed by atoms with Crippen molar-refractivity contribution in [3.05, 3.63) is 0 Å². The van der Waals surface area contributed by atoms with Gasteiger partial charge in [-0.1, -0.05) is 33.1 Å². The summed E-state index contributed by atoms with van der Waals surface area (Å²) in [7, 11) is 0. The molecule has 4 nitrogen and oxygen atoms in total. The molecule has 0 fully saturated rings. The topological polar surface area (TPSA) is 79.9 Å². The van der Waals surface area contributed by atoms with Crippen molar-refractivity contribution in [2.45, 2.75) is 46.5 Å². The van der Waals surface area contributed by atoms with E-state index in [0.717, 1.165) is 12.8 Å². The van der Waals surface area contributed by atoms with Gasteiger partial charge in [0, 0.05) is 13.1 Å². The fourth-order valence-electron chi connectivity index (χ4n) is 1.56. The van der Waals surface area contributed by atoms with E-state index in [4.69, 9.17) is 0 Å². The van der Waals surface area contributed by atoms with Gasteiger partial charge in [0.15, 0.2) is 0 Å². The van der Waals surface area contributed by atoms with Crippen molar-refractivity contribution in [2.75, 3.05) is 13.1 Å². The van der Waals surface area contributed by atoms with Crippen LogP contribution in [0.15, 0.2) is 0 Å². The molecule has 4 N–H and O–H groups in total. The van der Waals surface area contributed by atoms with Gasteiger partial charge < -0.3 is 21.0 Å². The average molecular weight is 218 g/mol. The number of hydrogen-bond acceptors (Lipinski definition) is 2. The third-order valence-electron chi connectivity index (χ3n) is 2.66. The molecule has 0 aromatic carbocycles. The van der Waals surface area contributed by atoms with Crippen LogP contribution in [0.5, 0.6) is 0 Å². The van der Waals surface area contributed by atoms with Gasteiger partial charge in [-0.2, -0.15) is 0 Å².